The van der Waals surface area contributed by atoms with Gasteiger partial charge in [-0.15, -0.1) is 10.2 Å². The molecule has 1 amide bonds. The number of benzene rings is 1. The van der Waals surface area contributed by atoms with Gasteiger partial charge in [-0.2, -0.15) is 13.2 Å². The minimum absolute atomic E-state index is 0.0348. The van der Waals surface area contributed by atoms with Crippen molar-refractivity contribution in [2.24, 2.45) is 0 Å². The molecule has 0 unspecified atom stereocenters. The highest BCUT2D eigenvalue weighted by Gasteiger charge is 2.30. The molecule has 0 atom stereocenters. The van der Waals surface area contributed by atoms with Crippen molar-refractivity contribution in [1.29, 1.82) is 0 Å². The van der Waals surface area contributed by atoms with E-state index in [9.17, 15) is 18.0 Å². The standard InChI is InChI=1S/C18H20F3N7O/c1-13-11-27(25-23-13)7-2-3-8-28-12-16(24-26-28)17(29)22-10-14-5-4-6-15(9-14)18(19,20)21/h4-6,9,11-12H,2-3,7-8,10H2,1H3,(H,22,29). The molecule has 0 spiro atoms. The molecule has 0 saturated carbocycles. The Morgan fingerprint density at radius 1 is 1.07 bits per heavy atom. The summed E-state index contributed by atoms with van der Waals surface area (Å²) >= 11 is 0. The van der Waals surface area contributed by atoms with E-state index >= 15 is 0 Å². The zero-order valence-electron chi connectivity index (χ0n) is 15.7. The molecule has 29 heavy (non-hydrogen) atoms. The number of hydrogen-bond acceptors (Lipinski definition) is 5. The number of unbranched alkanes of at least 4 members (excludes halogenated alkanes) is 1. The smallest absolute Gasteiger partial charge is 0.347 e. The predicted molar refractivity (Wildman–Crippen MR) is 96.6 cm³/mol. The van der Waals surface area contributed by atoms with E-state index in [0.29, 0.717) is 12.1 Å². The molecule has 3 rings (SSSR count). The Bertz CT molecular complexity index is 964. The number of carbonyl (C=O) groups is 1. The number of nitrogens with zero attached hydrogens (tertiary/aromatic N) is 6. The van der Waals surface area contributed by atoms with Gasteiger partial charge in [-0.3, -0.25) is 14.2 Å². The molecule has 0 bridgehead atoms. The van der Waals surface area contributed by atoms with Crippen molar-refractivity contribution >= 4 is 5.91 Å². The van der Waals surface area contributed by atoms with Gasteiger partial charge in [0, 0.05) is 25.8 Å². The average Bonchev–Trinajstić information content (AvgIpc) is 3.32. The van der Waals surface area contributed by atoms with Crippen LogP contribution in [-0.4, -0.2) is 35.9 Å². The monoisotopic (exact) mass is 407 g/mol. The summed E-state index contributed by atoms with van der Waals surface area (Å²) in [5.41, 5.74) is 0.575. The van der Waals surface area contributed by atoms with Crippen LogP contribution in [0.3, 0.4) is 0 Å². The number of carbonyl (C=O) groups excluding carboxylic acids is 1. The third-order valence-corrected chi connectivity index (χ3v) is 4.16. The minimum atomic E-state index is -4.42. The van der Waals surface area contributed by atoms with Crippen LogP contribution in [0.2, 0.25) is 0 Å². The first-order valence-electron chi connectivity index (χ1n) is 9.02. The highest BCUT2D eigenvalue weighted by molar-refractivity contribution is 5.91. The summed E-state index contributed by atoms with van der Waals surface area (Å²) < 4.78 is 41.6. The Morgan fingerprint density at radius 3 is 2.41 bits per heavy atom. The van der Waals surface area contributed by atoms with Crippen LogP contribution in [0.4, 0.5) is 13.2 Å². The van der Waals surface area contributed by atoms with E-state index in [-0.39, 0.29) is 12.2 Å². The van der Waals surface area contributed by atoms with Crippen LogP contribution < -0.4 is 5.32 Å². The van der Waals surface area contributed by atoms with Gasteiger partial charge in [0.15, 0.2) is 5.69 Å². The summed E-state index contributed by atoms with van der Waals surface area (Å²) in [6.45, 7) is 3.16. The quantitative estimate of drug-likeness (QED) is 0.580. The van der Waals surface area contributed by atoms with E-state index in [1.807, 2.05) is 13.1 Å². The summed E-state index contributed by atoms with van der Waals surface area (Å²) in [5.74, 6) is -0.494. The van der Waals surface area contributed by atoms with Gasteiger partial charge < -0.3 is 5.32 Å². The van der Waals surface area contributed by atoms with Gasteiger partial charge in [0.1, 0.15) is 0 Å². The second kappa shape index (κ2) is 8.84. The third kappa shape index (κ3) is 5.87. The number of amides is 1. The number of nitrogens with one attached hydrogen (secondary N) is 1. The number of halogens is 3. The fourth-order valence-corrected chi connectivity index (χ4v) is 2.69. The Morgan fingerprint density at radius 2 is 1.76 bits per heavy atom. The number of alkyl halides is 3. The van der Waals surface area contributed by atoms with Gasteiger partial charge in [-0.05, 0) is 37.5 Å². The van der Waals surface area contributed by atoms with Gasteiger partial charge in [0.25, 0.3) is 5.91 Å². The van der Waals surface area contributed by atoms with Crippen LogP contribution in [-0.2, 0) is 25.8 Å². The van der Waals surface area contributed by atoms with Crippen LogP contribution >= 0.6 is 0 Å². The molecule has 0 radical (unpaired) electrons. The topological polar surface area (TPSA) is 90.5 Å². The minimum Gasteiger partial charge on any atom is -0.347 e. The first-order valence-corrected chi connectivity index (χ1v) is 9.02. The molecule has 3 aromatic rings. The molecule has 154 valence electrons. The van der Waals surface area contributed by atoms with Crippen molar-refractivity contribution < 1.29 is 18.0 Å². The van der Waals surface area contributed by atoms with Crippen molar-refractivity contribution in [2.45, 2.75) is 45.6 Å². The molecule has 0 aliphatic rings. The van der Waals surface area contributed by atoms with E-state index in [4.69, 9.17) is 0 Å². The Labute approximate surface area is 164 Å². The van der Waals surface area contributed by atoms with E-state index in [0.717, 1.165) is 37.2 Å². The Kier molecular flexibility index (Phi) is 6.25. The molecule has 11 heteroatoms. The van der Waals surface area contributed by atoms with E-state index in [2.05, 4.69) is 25.9 Å². The average molecular weight is 407 g/mol. The molecule has 2 heterocycles. The summed E-state index contributed by atoms with van der Waals surface area (Å²) in [7, 11) is 0. The molecule has 2 aromatic heterocycles. The largest absolute Gasteiger partial charge is 0.416 e. The normalized spacial score (nSPS) is 11.6. The second-order valence-corrected chi connectivity index (χ2v) is 6.58. The number of aromatic nitrogens is 6. The lowest BCUT2D eigenvalue weighted by Gasteiger charge is -2.09. The predicted octanol–water partition coefficient (Wildman–Crippen LogP) is 2.61. The van der Waals surface area contributed by atoms with Crippen molar-refractivity contribution in [3.05, 3.63) is 59.2 Å². The first-order chi connectivity index (χ1) is 13.8. The fourth-order valence-electron chi connectivity index (χ4n) is 2.69. The van der Waals surface area contributed by atoms with Crippen LogP contribution in [0.1, 0.15) is 40.2 Å². The second-order valence-electron chi connectivity index (χ2n) is 6.58. The van der Waals surface area contributed by atoms with Gasteiger partial charge in [0.05, 0.1) is 17.5 Å². The maximum atomic E-state index is 12.7. The van der Waals surface area contributed by atoms with E-state index < -0.39 is 17.6 Å². The lowest BCUT2D eigenvalue weighted by Crippen LogP contribution is -2.23. The summed E-state index contributed by atoms with van der Waals surface area (Å²) in [6, 6.07) is 4.82. The maximum absolute atomic E-state index is 12.7. The van der Waals surface area contributed by atoms with Crippen molar-refractivity contribution in [1.82, 2.24) is 35.3 Å². The number of hydrogen-bond donors (Lipinski definition) is 1. The van der Waals surface area contributed by atoms with E-state index in [1.165, 1.54) is 18.3 Å². The maximum Gasteiger partial charge on any atom is 0.416 e. The third-order valence-electron chi connectivity index (χ3n) is 4.16. The molecule has 8 nitrogen and oxygen atoms in total. The van der Waals surface area contributed by atoms with E-state index in [1.54, 1.807) is 9.36 Å². The molecular weight excluding hydrogens is 387 g/mol. The summed E-state index contributed by atoms with van der Waals surface area (Å²) in [6.07, 6.45) is 0.631. The Balaban J connectivity index is 1.45. The van der Waals surface area contributed by atoms with Crippen molar-refractivity contribution in [3.8, 4) is 0 Å². The van der Waals surface area contributed by atoms with Gasteiger partial charge >= 0.3 is 6.18 Å². The fraction of sp³-hybridized carbons (Fsp3) is 0.389. The van der Waals surface area contributed by atoms with Crippen LogP contribution in [0.5, 0.6) is 0 Å². The highest BCUT2D eigenvalue weighted by Crippen LogP contribution is 2.29. The molecule has 0 aliphatic heterocycles. The lowest BCUT2D eigenvalue weighted by molar-refractivity contribution is -0.137. The van der Waals surface area contributed by atoms with Crippen molar-refractivity contribution in [3.63, 3.8) is 0 Å². The summed E-state index contributed by atoms with van der Waals surface area (Å²) in [5, 5.41) is 18.2. The molecule has 0 fully saturated rings. The van der Waals surface area contributed by atoms with Crippen molar-refractivity contribution in [2.75, 3.05) is 0 Å². The zero-order chi connectivity index (χ0) is 20.9. The SMILES string of the molecule is Cc1cn(CCCCn2cc(C(=O)NCc3cccc(C(F)(F)F)c3)nn2)nn1. The van der Waals surface area contributed by atoms with Gasteiger partial charge in [-0.25, -0.2) is 0 Å². The lowest BCUT2D eigenvalue weighted by atomic mass is 10.1. The van der Waals surface area contributed by atoms with Gasteiger partial charge in [-0.1, -0.05) is 22.6 Å². The zero-order valence-corrected chi connectivity index (χ0v) is 15.7. The highest BCUT2D eigenvalue weighted by atomic mass is 19.4. The molecule has 0 aliphatic carbocycles. The van der Waals surface area contributed by atoms with Crippen LogP contribution in [0.25, 0.3) is 0 Å². The molecule has 1 N–H and O–H groups in total. The first kappa shape index (κ1) is 20.5. The van der Waals surface area contributed by atoms with Gasteiger partial charge in [0.2, 0.25) is 0 Å². The van der Waals surface area contributed by atoms with Crippen LogP contribution in [0, 0.1) is 6.92 Å². The molecule has 1 aromatic carbocycles. The Hall–Kier alpha value is -3.24. The molecular formula is C18H20F3N7O. The molecule has 0 saturated heterocycles. The number of rotatable bonds is 8. The van der Waals surface area contributed by atoms with Crippen LogP contribution in [0.15, 0.2) is 36.7 Å². The summed E-state index contributed by atoms with van der Waals surface area (Å²) in [4.78, 5) is 12.2. The number of aryl methyl sites for hydroxylation is 3.